The molecular formula is C17H19N3O3S. The van der Waals surface area contributed by atoms with Gasteiger partial charge in [-0.25, -0.2) is 0 Å². The van der Waals surface area contributed by atoms with Crippen molar-refractivity contribution in [2.24, 2.45) is 10.8 Å². The molecule has 0 atom stereocenters. The van der Waals surface area contributed by atoms with Crippen molar-refractivity contribution in [2.45, 2.75) is 0 Å². The third-order valence-corrected chi connectivity index (χ3v) is 3.00. The van der Waals surface area contributed by atoms with Gasteiger partial charge in [0.2, 0.25) is 0 Å². The van der Waals surface area contributed by atoms with Crippen molar-refractivity contribution in [1.29, 1.82) is 0 Å². The summed E-state index contributed by atoms with van der Waals surface area (Å²) < 4.78 is 16.4. The second kappa shape index (κ2) is 9.36. The lowest BCUT2D eigenvalue weighted by Gasteiger charge is -2.09. The fourth-order valence-electron chi connectivity index (χ4n) is 1.87. The number of methoxy groups -OCH3 is 1. The third kappa shape index (κ3) is 6.13. The first kappa shape index (κ1) is 17.6. The molecule has 0 radical (unpaired) electrons. The Labute approximate surface area is 146 Å². The Balaban J connectivity index is 1.79. The molecule has 0 aliphatic heterocycles. The maximum atomic E-state index is 5.66. The quantitative estimate of drug-likeness (QED) is 0.331. The molecule has 0 aliphatic rings. The SMILES string of the molecule is COc1cccc(OCCOc2cccc(C=NNC(N)=S)c2)c1. The van der Waals surface area contributed by atoms with Gasteiger partial charge in [-0.1, -0.05) is 18.2 Å². The Morgan fingerprint density at radius 2 is 1.71 bits per heavy atom. The zero-order chi connectivity index (χ0) is 17.2. The van der Waals surface area contributed by atoms with Crippen LogP contribution in [0.15, 0.2) is 53.6 Å². The van der Waals surface area contributed by atoms with Gasteiger partial charge < -0.3 is 19.9 Å². The maximum absolute atomic E-state index is 5.66. The second-order valence-electron chi connectivity index (χ2n) is 4.68. The van der Waals surface area contributed by atoms with Crippen LogP contribution in [0.4, 0.5) is 0 Å². The number of nitrogens with zero attached hydrogens (tertiary/aromatic N) is 1. The minimum atomic E-state index is 0.119. The number of rotatable bonds is 8. The highest BCUT2D eigenvalue weighted by molar-refractivity contribution is 7.80. The molecular weight excluding hydrogens is 326 g/mol. The smallest absolute Gasteiger partial charge is 0.184 e. The van der Waals surface area contributed by atoms with E-state index in [-0.39, 0.29) is 5.11 Å². The van der Waals surface area contributed by atoms with E-state index in [9.17, 15) is 0 Å². The van der Waals surface area contributed by atoms with Crippen LogP contribution in [0, 0.1) is 0 Å². The molecule has 126 valence electrons. The van der Waals surface area contributed by atoms with Gasteiger partial charge in [0.15, 0.2) is 5.11 Å². The number of hydrogen-bond acceptors (Lipinski definition) is 5. The summed E-state index contributed by atoms with van der Waals surface area (Å²) in [6, 6.07) is 14.9. The van der Waals surface area contributed by atoms with Crippen molar-refractivity contribution in [3.63, 3.8) is 0 Å². The van der Waals surface area contributed by atoms with Gasteiger partial charge in [0, 0.05) is 6.07 Å². The number of ether oxygens (including phenoxy) is 3. The second-order valence-corrected chi connectivity index (χ2v) is 5.12. The Bertz CT molecular complexity index is 707. The van der Waals surface area contributed by atoms with Crippen LogP contribution in [0.25, 0.3) is 0 Å². The largest absolute Gasteiger partial charge is 0.497 e. The molecule has 0 saturated carbocycles. The molecule has 2 rings (SSSR count). The predicted octanol–water partition coefficient (Wildman–Crippen LogP) is 2.32. The number of nitrogens with one attached hydrogen (secondary N) is 1. The van der Waals surface area contributed by atoms with Crippen molar-refractivity contribution < 1.29 is 14.2 Å². The summed E-state index contributed by atoms with van der Waals surface area (Å²) >= 11 is 4.67. The number of hydrazone groups is 1. The molecule has 3 N–H and O–H groups in total. The van der Waals surface area contributed by atoms with Crippen LogP contribution in [-0.4, -0.2) is 31.7 Å². The van der Waals surface area contributed by atoms with Gasteiger partial charge in [-0.15, -0.1) is 0 Å². The highest BCUT2D eigenvalue weighted by atomic mass is 32.1. The molecule has 0 spiro atoms. The van der Waals surface area contributed by atoms with E-state index in [0.29, 0.717) is 13.2 Å². The Hall–Kier alpha value is -2.80. The molecule has 24 heavy (non-hydrogen) atoms. The molecule has 0 aromatic heterocycles. The standard InChI is InChI=1S/C17H19N3O3S/c1-21-14-5-3-7-16(11-14)23-9-8-22-15-6-2-4-13(10-15)12-19-20-17(18)24/h2-7,10-12H,8-9H2,1H3,(H3,18,20,24). The molecule has 0 aliphatic carbocycles. The van der Waals surface area contributed by atoms with Crippen molar-refractivity contribution in [3.8, 4) is 17.2 Å². The average molecular weight is 345 g/mol. The molecule has 2 aromatic rings. The van der Waals surface area contributed by atoms with Crippen molar-refractivity contribution in [3.05, 3.63) is 54.1 Å². The van der Waals surface area contributed by atoms with Crippen molar-refractivity contribution in [1.82, 2.24) is 5.43 Å². The normalized spacial score (nSPS) is 10.4. The van der Waals surface area contributed by atoms with Gasteiger partial charge in [-0.05, 0) is 42.0 Å². The minimum absolute atomic E-state index is 0.119. The monoisotopic (exact) mass is 345 g/mol. The zero-order valence-corrected chi connectivity index (χ0v) is 14.1. The Morgan fingerprint density at radius 3 is 2.38 bits per heavy atom. The van der Waals surface area contributed by atoms with Crippen LogP contribution in [0.5, 0.6) is 17.2 Å². The van der Waals surface area contributed by atoms with E-state index in [2.05, 4.69) is 22.7 Å². The predicted molar refractivity (Wildman–Crippen MR) is 97.9 cm³/mol. The number of nitrogens with two attached hydrogens (primary N) is 1. The molecule has 2 aromatic carbocycles. The lowest BCUT2D eigenvalue weighted by molar-refractivity contribution is 0.216. The van der Waals surface area contributed by atoms with E-state index in [1.165, 1.54) is 0 Å². The topological polar surface area (TPSA) is 78.1 Å². The minimum Gasteiger partial charge on any atom is -0.497 e. The van der Waals surface area contributed by atoms with Crippen LogP contribution >= 0.6 is 12.2 Å². The first-order chi connectivity index (χ1) is 11.7. The third-order valence-electron chi connectivity index (χ3n) is 2.91. The summed E-state index contributed by atoms with van der Waals surface area (Å²) in [6.07, 6.45) is 1.61. The zero-order valence-electron chi connectivity index (χ0n) is 13.3. The number of thiocarbonyl (C=S) groups is 1. The molecule has 7 heteroatoms. The van der Waals surface area contributed by atoms with Crippen molar-refractivity contribution >= 4 is 23.5 Å². The summed E-state index contributed by atoms with van der Waals surface area (Å²) in [5.41, 5.74) is 8.66. The van der Waals surface area contributed by atoms with Crippen LogP contribution in [-0.2, 0) is 0 Å². The van der Waals surface area contributed by atoms with Crippen LogP contribution in [0.2, 0.25) is 0 Å². The van der Waals surface area contributed by atoms with Crippen LogP contribution < -0.4 is 25.4 Å². The molecule has 6 nitrogen and oxygen atoms in total. The molecule has 0 unspecified atom stereocenters. The summed E-state index contributed by atoms with van der Waals surface area (Å²) in [5, 5.41) is 4.02. The summed E-state index contributed by atoms with van der Waals surface area (Å²) in [4.78, 5) is 0. The highest BCUT2D eigenvalue weighted by Crippen LogP contribution is 2.18. The van der Waals surface area contributed by atoms with E-state index in [4.69, 9.17) is 19.9 Å². The van der Waals surface area contributed by atoms with Crippen molar-refractivity contribution in [2.75, 3.05) is 20.3 Å². The van der Waals surface area contributed by atoms with E-state index < -0.39 is 0 Å². The van der Waals surface area contributed by atoms with Gasteiger partial charge in [0.1, 0.15) is 30.5 Å². The highest BCUT2D eigenvalue weighted by Gasteiger charge is 1.99. The summed E-state index contributed by atoms with van der Waals surface area (Å²) in [6.45, 7) is 0.845. The lowest BCUT2D eigenvalue weighted by atomic mass is 10.2. The van der Waals surface area contributed by atoms with Gasteiger partial charge >= 0.3 is 0 Å². The fourth-order valence-corrected chi connectivity index (χ4v) is 1.92. The summed E-state index contributed by atoms with van der Waals surface area (Å²) in [7, 11) is 1.62. The van der Waals surface area contributed by atoms with Crippen LogP contribution in [0.3, 0.4) is 0 Å². The Morgan fingerprint density at radius 1 is 1.08 bits per heavy atom. The molecule has 0 bridgehead atoms. The van der Waals surface area contributed by atoms with E-state index in [1.54, 1.807) is 13.3 Å². The van der Waals surface area contributed by atoms with Gasteiger partial charge in [-0.2, -0.15) is 5.10 Å². The number of hydrogen-bond donors (Lipinski definition) is 2. The molecule has 0 heterocycles. The van der Waals surface area contributed by atoms with E-state index >= 15 is 0 Å². The van der Waals surface area contributed by atoms with E-state index in [0.717, 1.165) is 22.8 Å². The molecule has 0 saturated heterocycles. The number of benzene rings is 2. The first-order valence-corrected chi connectivity index (χ1v) is 7.66. The molecule has 0 fully saturated rings. The van der Waals surface area contributed by atoms with Gasteiger partial charge in [0.05, 0.1) is 13.3 Å². The lowest BCUT2D eigenvalue weighted by Crippen LogP contribution is -2.23. The Kier molecular flexibility index (Phi) is 6.85. The molecule has 0 amide bonds. The van der Waals surface area contributed by atoms with E-state index in [1.807, 2.05) is 48.5 Å². The average Bonchev–Trinajstić information content (AvgIpc) is 2.59. The first-order valence-electron chi connectivity index (χ1n) is 7.25. The summed E-state index contributed by atoms with van der Waals surface area (Å²) in [5.74, 6) is 2.22. The van der Waals surface area contributed by atoms with Gasteiger partial charge in [0.25, 0.3) is 0 Å². The van der Waals surface area contributed by atoms with Crippen LogP contribution in [0.1, 0.15) is 5.56 Å². The fraction of sp³-hybridized carbons (Fsp3) is 0.176. The van der Waals surface area contributed by atoms with Gasteiger partial charge in [-0.3, -0.25) is 5.43 Å². The maximum Gasteiger partial charge on any atom is 0.184 e.